The molecule has 9 heteroatoms. The molecule has 0 heterocycles. The number of para-hydroxylation sites is 2. The number of anilines is 1. The van der Waals surface area contributed by atoms with Crippen molar-refractivity contribution < 1.29 is 28.7 Å². The molecule has 2 aromatic rings. The number of methoxy groups -OCH3 is 2. The first-order chi connectivity index (χ1) is 13.4. The second kappa shape index (κ2) is 9.72. The Hall–Kier alpha value is -3.88. The minimum Gasteiger partial charge on any atom is -0.497 e. The van der Waals surface area contributed by atoms with Gasteiger partial charge >= 0.3 is 5.97 Å². The molecule has 1 N–H and O–H groups in total. The topological polar surface area (TPSA) is 117 Å². The average molecular weight is 386 g/mol. The van der Waals surface area contributed by atoms with Gasteiger partial charge in [0.15, 0.2) is 6.61 Å². The highest BCUT2D eigenvalue weighted by Gasteiger charge is 2.15. The van der Waals surface area contributed by atoms with Crippen molar-refractivity contribution in [1.29, 1.82) is 0 Å². The zero-order valence-electron chi connectivity index (χ0n) is 15.2. The summed E-state index contributed by atoms with van der Waals surface area (Å²) < 4.78 is 15.1. The van der Waals surface area contributed by atoms with Crippen LogP contribution >= 0.6 is 0 Å². The van der Waals surface area contributed by atoms with Crippen molar-refractivity contribution >= 4 is 29.3 Å². The number of ether oxygens (including phenoxy) is 3. The van der Waals surface area contributed by atoms with Gasteiger partial charge in [0, 0.05) is 23.8 Å². The number of nitrogens with one attached hydrogen (secondary N) is 1. The molecule has 0 aliphatic carbocycles. The molecule has 9 nitrogen and oxygen atoms in total. The summed E-state index contributed by atoms with van der Waals surface area (Å²) in [6.45, 7) is -0.588. The van der Waals surface area contributed by atoms with Crippen molar-refractivity contribution in [3.05, 3.63) is 64.2 Å². The average Bonchev–Trinajstić information content (AvgIpc) is 2.70. The molecule has 0 unspecified atom stereocenters. The van der Waals surface area contributed by atoms with Crippen LogP contribution < -0.4 is 14.8 Å². The molecule has 0 radical (unpaired) electrons. The summed E-state index contributed by atoms with van der Waals surface area (Å²) in [5, 5.41) is 13.3. The predicted molar refractivity (Wildman–Crippen MR) is 101 cm³/mol. The maximum absolute atomic E-state index is 11.9. The Labute approximate surface area is 160 Å². The summed E-state index contributed by atoms with van der Waals surface area (Å²) in [5.74, 6) is -0.352. The van der Waals surface area contributed by atoms with E-state index < -0.39 is 23.4 Å². The van der Waals surface area contributed by atoms with Crippen molar-refractivity contribution in [1.82, 2.24) is 0 Å². The van der Waals surface area contributed by atoms with Gasteiger partial charge in [0.1, 0.15) is 17.2 Å². The van der Waals surface area contributed by atoms with Crippen LogP contribution in [0.2, 0.25) is 0 Å². The largest absolute Gasteiger partial charge is 0.497 e. The van der Waals surface area contributed by atoms with E-state index in [0.717, 1.165) is 6.08 Å². The van der Waals surface area contributed by atoms with E-state index in [9.17, 15) is 19.7 Å². The summed E-state index contributed by atoms with van der Waals surface area (Å²) in [5.41, 5.74) is 0.380. The molecule has 1 amide bonds. The molecule has 0 bridgehead atoms. The molecule has 0 saturated heterocycles. The Morgan fingerprint density at radius 3 is 2.57 bits per heavy atom. The van der Waals surface area contributed by atoms with Crippen molar-refractivity contribution in [3.63, 3.8) is 0 Å². The Kier molecular flexibility index (Phi) is 7.09. The van der Waals surface area contributed by atoms with Gasteiger partial charge in [0.2, 0.25) is 0 Å². The van der Waals surface area contributed by atoms with Crippen molar-refractivity contribution in [2.24, 2.45) is 0 Å². The molecule has 0 aliphatic rings. The third-order valence-electron chi connectivity index (χ3n) is 3.56. The highest BCUT2D eigenvalue weighted by molar-refractivity contribution is 5.96. The van der Waals surface area contributed by atoms with Crippen LogP contribution in [0, 0.1) is 10.1 Å². The second-order valence-electron chi connectivity index (χ2n) is 5.37. The van der Waals surface area contributed by atoms with E-state index in [4.69, 9.17) is 14.2 Å². The fourth-order valence-corrected chi connectivity index (χ4v) is 2.22. The number of amides is 1. The first-order valence-corrected chi connectivity index (χ1v) is 8.04. The second-order valence-corrected chi connectivity index (χ2v) is 5.37. The minimum atomic E-state index is -0.754. The molecule has 0 aliphatic heterocycles. The minimum absolute atomic E-state index is 0.0204. The van der Waals surface area contributed by atoms with Gasteiger partial charge in [-0.15, -0.1) is 0 Å². The Morgan fingerprint density at radius 2 is 1.89 bits per heavy atom. The van der Waals surface area contributed by atoms with E-state index in [-0.39, 0.29) is 11.4 Å². The quantitative estimate of drug-likeness (QED) is 0.321. The third kappa shape index (κ3) is 5.56. The molecule has 0 fully saturated rings. The van der Waals surface area contributed by atoms with Crippen LogP contribution in [0.5, 0.6) is 11.5 Å². The third-order valence-corrected chi connectivity index (χ3v) is 3.56. The first kappa shape index (κ1) is 20.4. The highest BCUT2D eigenvalue weighted by Crippen LogP contribution is 2.25. The summed E-state index contributed by atoms with van der Waals surface area (Å²) >= 11 is 0. The van der Waals surface area contributed by atoms with Gasteiger partial charge < -0.3 is 19.5 Å². The Morgan fingerprint density at radius 1 is 1.14 bits per heavy atom. The summed E-state index contributed by atoms with van der Waals surface area (Å²) in [6.07, 6.45) is 2.61. The number of carbonyl (C=O) groups is 2. The SMILES string of the molecule is COc1ccc(/C=C/C(=O)OCC(=O)Nc2ccccc2[N+](=O)[O-])c(OC)c1. The number of nitrogens with zero attached hydrogens (tertiary/aromatic N) is 1. The van der Waals surface area contributed by atoms with E-state index in [0.29, 0.717) is 17.1 Å². The number of nitro groups is 1. The lowest BCUT2D eigenvalue weighted by molar-refractivity contribution is -0.383. The molecule has 0 saturated carbocycles. The van der Waals surface area contributed by atoms with E-state index in [1.165, 1.54) is 38.5 Å². The monoisotopic (exact) mass is 386 g/mol. The first-order valence-electron chi connectivity index (χ1n) is 8.04. The zero-order chi connectivity index (χ0) is 20.5. The summed E-state index contributed by atoms with van der Waals surface area (Å²) in [6, 6.07) is 10.7. The molecule has 2 aromatic carbocycles. The van der Waals surface area contributed by atoms with Crippen LogP contribution in [-0.2, 0) is 14.3 Å². The lowest BCUT2D eigenvalue weighted by Gasteiger charge is -2.07. The van der Waals surface area contributed by atoms with Crippen LogP contribution in [0.3, 0.4) is 0 Å². The molecule has 28 heavy (non-hydrogen) atoms. The highest BCUT2D eigenvalue weighted by atomic mass is 16.6. The van der Waals surface area contributed by atoms with Gasteiger partial charge in [0.05, 0.1) is 19.1 Å². The van der Waals surface area contributed by atoms with Crippen LogP contribution in [0.1, 0.15) is 5.56 Å². The number of hydrogen-bond acceptors (Lipinski definition) is 7. The molecule has 2 rings (SSSR count). The molecular formula is C19H18N2O7. The number of nitro benzene ring substituents is 1. The number of benzene rings is 2. The van der Waals surface area contributed by atoms with E-state index in [1.807, 2.05) is 0 Å². The number of hydrogen-bond donors (Lipinski definition) is 1. The van der Waals surface area contributed by atoms with Gasteiger partial charge in [-0.25, -0.2) is 4.79 Å². The summed E-state index contributed by atoms with van der Waals surface area (Å²) in [4.78, 5) is 34.0. The van der Waals surface area contributed by atoms with Gasteiger partial charge in [-0.2, -0.15) is 0 Å². The van der Waals surface area contributed by atoms with Crippen molar-refractivity contribution in [3.8, 4) is 11.5 Å². The van der Waals surface area contributed by atoms with E-state index in [2.05, 4.69) is 5.32 Å². The maximum atomic E-state index is 11.9. The number of esters is 1. The number of rotatable bonds is 8. The van der Waals surface area contributed by atoms with Crippen molar-refractivity contribution in [2.75, 3.05) is 26.1 Å². The fourth-order valence-electron chi connectivity index (χ4n) is 2.22. The van der Waals surface area contributed by atoms with Gasteiger partial charge in [0.25, 0.3) is 11.6 Å². The van der Waals surface area contributed by atoms with Gasteiger partial charge in [-0.05, 0) is 24.3 Å². The Bertz CT molecular complexity index is 909. The van der Waals surface area contributed by atoms with Gasteiger partial charge in [-0.3, -0.25) is 14.9 Å². The zero-order valence-corrected chi connectivity index (χ0v) is 15.2. The van der Waals surface area contributed by atoms with E-state index >= 15 is 0 Å². The molecule has 0 aromatic heterocycles. The smallest absolute Gasteiger partial charge is 0.331 e. The number of carbonyl (C=O) groups excluding carboxylic acids is 2. The van der Waals surface area contributed by atoms with Crippen molar-refractivity contribution in [2.45, 2.75) is 0 Å². The molecule has 0 spiro atoms. The molecule has 146 valence electrons. The standard InChI is InChI=1S/C19H18N2O7/c1-26-14-9-7-13(17(11-14)27-2)8-10-19(23)28-12-18(22)20-15-5-3-4-6-16(15)21(24)25/h3-11H,12H2,1-2H3,(H,20,22)/b10-8+. The molecule has 0 atom stereocenters. The van der Waals surface area contributed by atoms with Crippen LogP contribution in [0.25, 0.3) is 6.08 Å². The van der Waals surface area contributed by atoms with Gasteiger partial charge in [-0.1, -0.05) is 12.1 Å². The Balaban J connectivity index is 1.93. The lowest BCUT2D eigenvalue weighted by atomic mass is 10.2. The fraction of sp³-hybridized carbons (Fsp3) is 0.158. The molecular weight excluding hydrogens is 368 g/mol. The lowest BCUT2D eigenvalue weighted by Crippen LogP contribution is -2.20. The predicted octanol–water partition coefficient (Wildman–Crippen LogP) is 2.81. The maximum Gasteiger partial charge on any atom is 0.331 e. The van der Waals surface area contributed by atoms with Crippen LogP contribution in [0.15, 0.2) is 48.5 Å². The summed E-state index contributed by atoms with van der Waals surface area (Å²) in [7, 11) is 3.01. The van der Waals surface area contributed by atoms with Crippen LogP contribution in [0.4, 0.5) is 11.4 Å². The normalized spacial score (nSPS) is 10.4. The van der Waals surface area contributed by atoms with E-state index in [1.54, 1.807) is 24.3 Å². The van der Waals surface area contributed by atoms with Crippen LogP contribution in [-0.4, -0.2) is 37.6 Å².